The zero-order chi connectivity index (χ0) is 25.4. The van der Waals surface area contributed by atoms with Crippen LogP contribution in [0.4, 0.5) is 24.5 Å². The molecular formula is C24H22ClF3N6O2. The summed E-state index contributed by atoms with van der Waals surface area (Å²) in [7, 11) is 0. The Morgan fingerprint density at radius 1 is 1.08 bits per heavy atom. The van der Waals surface area contributed by atoms with Gasteiger partial charge in [-0.3, -0.25) is 9.78 Å². The summed E-state index contributed by atoms with van der Waals surface area (Å²) in [5.74, 6) is -0.291. The Labute approximate surface area is 209 Å². The standard InChI is InChI=1S/C24H22ClF3N6O2/c25-23-31-19-2-4-34(22(35)20-12-17(1-3-30-20)33-5-7-36-8-6-33)13-18(19)21(32-23)14-9-15(24(26,27)28)11-16(29)10-14/h1,3,9-12H,2,4-8,13,29H2. The average Bonchev–Trinajstić information content (AvgIpc) is 2.87. The van der Waals surface area contributed by atoms with Crippen LogP contribution < -0.4 is 10.6 Å². The van der Waals surface area contributed by atoms with E-state index in [2.05, 4.69) is 19.9 Å². The monoisotopic (exact) mass is 518 g/mol. The molecule has 2 aliphatic heterocycles. The first-order chi connectivity index (χ1) is 17.2. The lowest BCUT2D eigenvalue weighted by Gasteiger charge is -2.31. The highest BCUT2D eigenvalue weighted by atomic mass is 35.5. The SMILES string of the molecule is Nc1cc(-c2nc(Cl)nc3c2CN(C(=O)c2cc(N4CCOCC4)ccn2)CC3)cc(C(F)(F)F)c1. The molecule has 12 heteroatoms. The Bertz CT molecular complexity index is 1310. The maximum Gasteiger partial charge on any atom is 0.416 e. The van der Waals surface area contributed by atoms with Crippen LogP contribution in [0.15, 0.2) is 36.5 Å². The number of rotatable bonds is 3. The molecule has 0 saturated carbocycles. The summed E-state index contributed by atoms with van der Waals surface area (Å²) in [5, 5.41) is -0.0839. The number of carbonyl (C=O) groups is 1. The second-order valence-corrected chi connectivity index (χ2v) is 8.92. The Morgan fingerprint density at radius 3 is 2.61 bits per heavy atom. The van der Waals surface area contributed by atoms with Crippen molar-refractivity contribution in [3.05, 3.63) is 64.3 Å². The molecule has 0 bridgehead atoms. The zero-order valence-corrected chi connectivity index (χ0v) is 19.8. The van der Waals surface area contributed by atoms with E-state index < -0.39 is 11.7 Å². The summed E-state index contributed by atoms with van der Waals surface area (Å²) < 4.78 is 45.7. The van der Waals surface area contributed by atoms with Gasteiger partial charge in [0.2, 0.25) is 5.28 Å². The minimum absolute atomic E-state index is 0.0591. The van der Waals surface area contributed by atoms with Crippen molar-refractivity contribution in [3.8, 4) is 11.3 Å². The van der Waals surface area contributed by atoms with Gasteiger partial charge in [0.25, 0.3) is 5.91 Å². The van der Waals surface area contributed by atoms with Gasteiger partial charge in [-0.2, -0.15) is 13.2 Å². The number of morpholine rings is 1. The molecule has 0 radical (unpaired) electrons. The summed E-state index contributed by atoms with van der Waals surface area (Å²) in [6.07, 6.45) is -2.62. The molecule has 2 aliphatic rings. The van der Waals surface area contributed by atoms with Gasteiger partial charge in [0.15, 0.2) is 0 Å². The molecule has 2 N–H and O–H groups in total. The molecule has 3 aromatic rings. The molecule has 4 heterocycles. The van der Waals surface area contributed by atoms with Gasteiger partial charge in [-0.25, -0.2) is 9.97 Å². The van der Waals surface area contributed by atoms with Crippen molar-refractivity contribution in [1.82, 2.24) is 19.9 Å². The van der Waals surface area contributed by atoms with E-state index in [0.29, 0.717) is 37.4 Å². The second kappa shape index (κ2) is 9.55. The molecule has 188 valence electrons. The van der Waals surface area contributed by atoms with Crippen molar-refractivity contribution in [2.45, 2.75) is 19.1 Å². The number of pyridine rings is 1. The molecular weight excluding hydrogens is 497 g/mol. The lowest BCUT2D eigenvalue weighted by Crippen LogP contribution is -2.38. The number of carbonyl (C=O) groups excluding carboxylic acids is 1. The third-order valence-electron chi connectivity index (χ3n) is 6.22. The number of nitrogens with two attached hydrogens (primary N) is 1. The number of anilines is 2. The van der Waals surface area contributed by atoms with Gasteiger partial charge < -0.3 is 20.3 Å². The molecule has 2 aromatic heterocycles. The molecule has 1 amide bonds. The zero-order valence-electron chi connectivity index (χ0n) is 19.1. The Morgan fingerprint density at radius 2 is 1.86 bits per heavy atom. The fourth-order valence-electron chi connectivity index (χ4n) is 4.46. The van der Waals surface area contributed by atoms with Gasteiger partial charge in [-0.05, 0) is 41.9 Å². The Hall–Kier alpha value is -3.44. The first-order valence-corrected chi connectivity index (χ1v) is 11.7. The van der Waals surface area contributed by atoms with Gasteiger partial charge in [-0.1, -0.05) is 0 Å². The quantitative estimate of drug-likeness (QED) is 0.416. The van der Waals surface area contributed by atoms with E-state index in [-0.39, 0.29) is 40.4 Å². The van der Waals surface area contributed by atoms with Crippen LogP contribution in [0.3, 0.4) is 0 Å². The summed E-state index contributed by atoms with van der Waals surface area (Å²) in [6.45, 7) is 3.11. The van der Waals surface area contributed by atoms with Gasteiger partial charge in [-0.15, -0.1) is 0 Å². The van der Waals surface area contributed by atoms with Gasteiger partial charge >= 0.3 is 6.18 Å². The fraction of sp³-hybridized carbons (Fsp3) is 0.333. The molecule has 0 aliphatic carbocycles. The number of nitrogens with zero attached hydrogens (tertiary/aromatic N) is 5. The minimum atomic E-state index is -4.58. The number of benzene rings is 1. The van der Waals surface area contributed by atoms with Crippen LogP contribution in [0.5, 0.6) is 0 Å². The Kier molecular flexibility index (Phi) is 6.44. The van der Waals surface area contributed by atoms with E-state index in [1.54, 1.807) is 17.2 Å². The third kappa shape index (κ3) is 4.93. The molecule has 8 nitrogen and oxygen atoms in total. The van der Waals surface area contributed by atoms with Gasteiger partial charge in [0.05, 0.1) is 30.2 Å². The number of amides is 1. The fourth-order valence-corrected chi connectivity index (χ4v) is 4.65. The van der Waals surface area contributed by atoms with E-state index in [4.69, 9.17) is 22.1 Å². The number of alkyl halides is 3. The van der Waals surface area contributed by atoms with Crippen molar-refractivity contribution >= 4 is 28.9 Å². The first-order valence-electron chi connectivity index (χ1n) is 11.3. The largest absolute Gasteiger partial charge is 0.416 e. The molecule has 36 heavy (non-hydrogen) atoms. The maximum atomic E-state index is 13.4. The number of fused-ring (bicyclic) bond motifs is 1. The van der Waals surface area contributed by atoms with Crippen LogP contribution >= 0.6 is 11.6 Å². The number of aromatic nitrogens is 3. The van der Waals surface area contributed by atoms with E-state index >= 15 is 0 Å². The van der Waals surface area contributed by atoms with Crippen molar-refractivity contribution in [2.75, 3.05) is 43.5 Å². The molecule has 0 unspecified atom stereocenters. The third-order valence-corrected chi connectivity index (χ3v) is 6.38. The van der Waals surface area contributed by atoms with Crippen LogP contribution in [-0.2, 0) is 23.9 Å². The topological polar surface area (TPSA) is 97.5 Å². The molecule has 1 fully saturated rings. The smallest absolute Gasteiger partial charge is 0.399 e. The molecule has 1 saturated heterocycles. The van der Waals surface area contributed by atoms with Gasteiger partial charge in [0.1, 0.15) is 5.69 Å². The first kappa shape index (κ1) is 24.3. The minimum Gasteiger partial charge on any atom is -0.399 e. The number of nitrogen functional groups attached to an aromatic ring is 1. The predicted octanol–water partition coefficient (Wildman–Crippen LogP) is 3.83. The van der Waals surface area contributed by atoms with Crippen LogP contribution in [0.2, 0.25) is 5.28 Å². The summed E-state index contributed by atoms with van der Waals surface area (Å²) >= 11 is 6.11. The molecule has 0 atom stereocenters. The van der Waals surface area contributed by atoms with E-state index in [0.717, 1.165) is 30.9 Å². The van der Waals surface area contributed by atoms with Crippen LogP contribution in [0, 0.1) is 0 Å². The average molecular weight is 519 g/mol. The highest BCUT2D eigenvalue weighted by Crippen LogP contribution is 2.36. The van der Waals surface area contributed by atoms with E-state index in [1.807, 2.05) is 6.07 Å². The van der Waals surface area contributed by atoms with Crippen molar-refractivity contribution in [3.63, 3.8) is 0 Å². The highest BCUT2D eigenvalue weighted by Gasteiger charge is 2.33. The number of hydrogen-bond acceptors (Lipinski definition) is 7. The summed E-state index contributed by atoms with van der Waals surface area (Å²) in [5.41, 5.74) is 7.47. The number of ether oxygens (including phenoxy) is 1. The molecule has 0 spiro atoms. The maximum absolute atomic E-state index is 13.4. The summed E-state index contributed by atoms with van der Waals surface area (Å²) in [4.78, 5) is 29.9. The highest BCUT2D eigenvalue weighted by molar-refractivity contribution is 6.28. The van der Waals surface area contributed by atoms with Crippen LogP contribution in [0.1, 0.15) is 27.3 Å². The second-order valence-electron chi connectivity index (χ2n) is 8.58. The molecule has 5 rings (SSSR count). The Balaban J connectivity index is 1.47. The summed E-state index contributed by atoms with van der Waals surface area (Å²) in [6, 6.07) is 6.84. The van der Waals surface area contributed by atoms with Crippen molar-refractivity contribution in [2.24, 2.45) is 0 Å². The van der Waals surface area contributed by atoms with Crippen molar-refractivity contribution < 1.29 is 22.7 Å². The van der Waals surface area contributed by atoms with E-state index in [1.165, 1.54) is 6.07 Å². The molecule has 1 aromatic carbocycles. The lowest BCUT2D eigenvalue weighted by atomic mass is 9.97. The van der Waals surface area contributed by atoms with Crippen LogP contribution in [0.25, 0.3) is 11.3 Å². The number of halogens is 4. The normalized spacial score (nSPS) is 16.1. The predicted molar refractivity (Wildman–Crippen MR) is 128 cm³/mol. The van der Waals surface area contributed by atoms with Crippen LogP contribution in [-0.4, -0.2) is 58.6 Å². The van der Waals surface area contributed by atoms with E-state index in [9.17, 15) is 18.0 Å². The van der Waals surface area contributed by atoms with Crippen molar-refractivity contribution in [1.29, 1.82) is 0 Å². The number of hydrogen-bond donors (Lipinski definition) is 1. The van der Waals surface area contributed by atoms with Gasteiger partial charge in [0, 0.05) is 61.3 Å². The lowest BCUT2D eigenvalue weighted by molar-refractivity contribution is -0.137.